The van der Waals surface area contributed by atoms with Gasteiger partial charge in [-0.1, -0.05) is 6.07 Å². The van der Waals surface area contributed by atoms with Crippen molar-refractivity contribution in [3.05, 3.63) is 28.8 Å². The number of fused-ring (bicyclic) bond motifs is 2. The van der Waals surface area contributed by atoms with Crippen LogP contribution in [0.3, 0.4) is 0 Å². The first kappa shape index (κ1) is 10.6. The molecular formula is C13H16N2O2. The van der Waals surface area contributed by atoms with Crippen LogP contribution in [0.1, 0.15) is 21.5 Å². The lowest BCUT2D eigenvalue weighted by atomic mass is 9.89. The number of phenolic OH excluding ortho intramolecular Hbond substituents is 1. The molecule has 0 spiro atoms. The maximum atomic E-state index is 12.4. The summed E-state index contributed by atoms with van der Waals surface area (Å²) in [6.07, 6.45) is 0.752. The fourth-order valence-electron chi connectivity index (χ4n) is 2.85. The van der Waals surface area contributed by atoms with Gasteiger partial charge in [0.2, 0.25) is 0 Å². The number of hydrogen-bond acceptors (Lipinski definition) is 3. The second-order valence-electron chi connectivity index (χ2n) is 4.82. The predicted octanol–water partition coefficient (Wildman–Crippen LogP) is 0.671. The van der Waals surface area contributed by atoms with Crippen LogP contribution in [0.4, 0.5) is 0 Å². The number of phenols is 1. The molecule has 0 aromatic heterocycles. The van der Waals surface area contributed by atoms with Gasteiger partial charge in [-0.15, -0.1) is 0 Å². The average Bonchev–Trinajstić information content (AvgIpc) is 2.34. The Hall–Kier alpha value is -1.55. The molecule has 2 heterocycles. The minimum absolute atomic E-state index is 0.0751. The van der Waals surface area contributed by atoms with Crippen molar-refractivity contribution >= 4 is 5.91 Å². The molecule has 0 radical (unpaired) electrons. The topological polar surface area (TPSA) is 52.6 Å². The van der Waals surface area contributed by atoms with Crippen LogP contribution in [0.25, 0.3) is 0 Å². The summed E-state index contributed by atoms with van der Waals surface area (Å²) in [6, 6.07) is 3.69. The first-order valence-corrected chi connectivity index (χ1v) is 6.01. The molecule has 1 saturated heterocycles. The van der Waals surface area contributed by atoms with Gasteiger partial charge in [-0.3, -0.25) is 4.79 Å². The van der Waals surface area contributed by atoms with Crippen molar-refractivity contribution in [2.45, 2.75) is 19.4 Å². The largest absolute Gasteiger partial charge is 0.508 e. The fourth-order valence-corrected chi connectivity index (χ4v) is 2.85. The van der Waals surface area contributed by atoms with E-state index in [9.17, 15) is 9.90 Å². The van der Waals surface area contributed by atoms with E-state index >= 15 is 0 Å². The third-order valence-corrected chi connectivity index (χ3v) is 3.76. The lowest BCUT2D eigenvalue weighted by Gasteiger charge is -2.40. The summed E-state index contributed by atoms with van der Waals surface area (Å²) >= 11 is 0. The fraction of sp³-hybridized carbons (Fsp3) is 0.462. The molecular weight excluding hydrogens is 216 g/mol. The summed E-state index contributed by atoms with van der Waals surface area (Å²) in [5, 5.41) is 13.2. The highest BCUT2D eigenvalue weighted by Gasteiger charge is 2.35. The molecule has 1 fully saturated rings. The lowest BCUT2D eigenvalue weighted by Crippen LogP contribution is -2.56. The molecule has 2 aliphatic heterocycles. The Labute approximate surface area is 100 Å². The number of piperazine rings is 1. The summed E-state index contributed by atoms with van der Waals surface area (Å²) in [4.78, 5) is 14.3. The molecule has 2 aliphatic rings. The van der Waals surface area contributed by atoms with E-state index in [0.29, 0.717) is 5.56 Å². The molecule has 90 valence electrons. The van der Waals surface area contributed by atoms with Gasteiger partial charge in [-0.05, 0) is 25.0 Å². The summed E-state index contributed by atoms with van der Waals surface area (Å²) in [7, 11) is 0. The number of aromatic hydroxyl groups is 1. The van der Waals surface area contributed by atoms with Gasteiger partial charge < -0.3 is 15.3 Å². The van der Waals surface area contributed by atoms with Crippen LogP contribution < -0.4 is 5.32 Å². The van der Waals surface area contributed by atoms with Gasteiger partial charge >= 0.3 is 0 Å². The van der Waals surface area contributed by atoms with Gasteiger partial charge in [-0.25, -0.2) is 0 Å². The zero-order valence-corrected chi connectivity index (χ0v) is 9.86. The Balaban J connectivity index is 2.12. The van der Waals surface area contributed by atoms with Gasteiger partial charge in [0.25, 0.3) is 5.91 Å². The number of rotatable bonds is 0. The van der Waals surface area contributed by atoms with Crippen LogP contribution >= 0.6 is 0 Å². The normalized spacial score (nSPS) is 23.2. The van der Waals surface area contributed by atoms with E-state index in [4.69, 9.17) is 0 Å². The highest BCUT2D eigenvalue weighted by Crippen LogP contribution is 2.32. The molecule has 0 aliphatic carbocycles. The van der Waals surface area contributed by atoms with E-state index in [0.717, 1.165) is 37.2 Å². The SMILES string of the molecule is Cc1ccc(O)c2c1C(=O)N1CCNC[C@H]1C2. The molecule has 1 aromatic carbocycles. The number of aryl methyl sites for hydroxylation is 1. The Morgan fingerprint density at radius 1 is 1.47 bits per heavy atom. The van der Waals surface area contributed by atoms with Gasteiger partial charge in [-0.2, -0.15) is 0 Å². The van der Waals surface area contributed by atoms with Crippen molar-refractivity contribution < 1.29 is 9.90 Å². The van der Waals surface area contributed by atoms with E-state index in [1.165, 1.54) is 0 Å². The van der Waals surface area contributed by atoms with Gasteiger partial charge in [0, 0.05) is 36.8 Å². The molecule has 4 heteroatoms. The highest BCUT2D eigenvalue weighted by molar-refractivity contribution is 5.99. The smallest absolute Gasteiger partial charge is 0.254 e. The van der Waals surface area contributed by atoms with E-state index in [1.807, 2.05) is 17.9 Å². The van der Waals surface area contributed by atoms with E-state index < -0.39 is 0 Å². The van der Waals surface area contributed by atoms with E-state index in [1.54, 1.807) is 6.07 Å². The average molecular weight is 232 g/mol. The van der Waals surface area contributed by atoms with Gasteiger partial charge in [0.15, 0.2) is 0 Å². The maximum absolute atomic E-state index is 12.4. The molecule has 1 atom stereocenters. The first-order chi connectivity index (χ1) is 8.18. The van der Waals surface area contributed by atoms with Crippen molar-refractivity contribution in [2.24, 2.45) is 0 Å². The molecule has 17 heavy (non-hydrogen) atoms. The number of nitrogens with one attached hydrogen (secondary N) is 1. The quantitative estimate of drug-likeness (QED) is 0.691. The van der Waals surface area contributed by atoms with Crippen molar-refractivity contribution in [1.82, 2.24) is 10.2 Å². The number of benzene rings is 1. The van der Waals surface area contributed by atoms with Crippen LogP contribution in [0.15, 0.2) is 12.1 Å². The Morgan fingerprint density at radius 2 is 2.29 bits per heavy atom. The van der Waals surface area contributed by atoms with Crippen molar-refractivity contribution in [2.75, 3.05) is 19.6 Å². The molecule has 0 unspecified atom stereocenters. The van der Waals surface area contributed by atoms with Crippen molar-refractivity contribution in [3.63, 3.8) is 0 Å². The maximum Gasteiger partial charge on any atom is 0.254 e. The summed E-state index contributed by atoms with van der Waals surface area (Å²) in [5.74, 6) is 0.329. The standard InChI is InChI=1S/C13H16N2O2/c1-8-2-3-11(16)10-6-9-7-14-4-5-15(9)13(17)12(8)10/h2-3,9,14,16H,4-7H2,1H3/t9-/m1/s1. The third-order valence-electron chi connectivity index (χ3n) is 3.76. The molecule has 1 amide bonds. The molecule has 4 nitrogen and oxygen atoms in total. The van der Waals surface area contributed by atoms with Crippen LogP contribution in [0.5, 0.6) is 5.75 Å². The summed E-state index contributed by atoms with van der Waals surface area (Å²) < 4.78 is 0. The van der Waals surface area contributed by atoms with Gasteiger partial charge in [0.05, 0.1) is 0 Å². The third kappa shape index (κ3) is 1.52. The highest BCUT2D eigenvalue weighted by atomic mass is 16.3. The minimum Gasteiger partial charge on any atom is -0.508 e. The number of carbonyl (C=O) groups is 1. The van der Waals surface area contributed by atoms with Crippen molar-refractivity contribution in [3.8, 4) is 5.75 Å². The van der Waals surface area contributed by atoms with Crippen LogP contribution in [0, 0.1) is 6.92 Å². The molecule has 1 aromatic rings. The van der Waals surface area contributed by atoms with Crippen molar-refractivity contribution in [1.29, 1.82) is 0 Å². The molecule has 2 N–H and O–H groups in total. The Bertz CT molecular complexity index is 485. The number of carbonyl (C=O) groups excluding carboxylic acids is 1. The zero-order valence-electron chi connectivity index (χ0n) is 9.86. The number of nitrogens with zero attached hydrogens (tertiary/aromatic N) is 1. The number of amides is 1. The van der Waals surface area contributed by atoms with Gasteiger partial charge in [0.1, 0.15) is 5.75 Å². The van der Waals surface area contributed by atoms with Crippen LogP contribution in [-0.2, 0) is 6.42 Å². The Kier molecular flexibility index (Phi) is 2.33. The van der Waals surface area contributed by atoms with E-state index in [2.05, 4.69) is 5.32 Å². The predicted molar refractivity (Wildman–Crippen MR) is 64.2 cm³/mol. The lowest BCUT2D eigenvalue weighted by molar-refractivity contribution is 0.0603. The van der Waals surface area contributed by atoms with Crippen LogP contribution in [-0.4, -0.2) is 41.6 Å². The first-order valence-electron chi connectivity index (χ1n) is 6.01. The Morgan fingerprint density at radius 3 is 3.12 bits per heavy atom. The molecule has 0 bridgehead atoms. The second-order valence-corrected chi connectivity index (χ2v) is 4.82. The minimum atomic E-state index is 0.0751. The zero-order chi connectivity index (χ0) is 12.0. The number of hydrogen-bond donors (Lipinski definition) is 2. The summed E-state index contributed by atoms with van der Waals surface area (Å²) in [6.45, 7) is 4.37. The molecule has 0 saturated carbocycles. The monoisotopic (exact) mass is 232 g/mol. The molecule has 3 rings (SSSR count). The second kappa shape index (κ2) is 3.74. The summed E-state index contributed by atoms with van der Waals surface area (Å²) in [5.41, 5.74) is 2.49. The van der Waals surface area contributed by atoms with E-state index in [-0.39, 0.29) is 17.7 Å². The van der Waals surface area contributed by atoms with Crippen LogP contribution in [0.2, 0.25) is 0 Å².